The summed E-state index contributed by atoms with van der Waals surface area (Å²) in [6, 6.07) is 2.14. The number of aryl methyl sites for hydroxylation is 1. The molecule has 0 spiro atoms. The van der Waals surface area contributed by atoms with Gasteiger partial charge in [0.1, 0.15) is 5.69 Å². The predicted octanol–water partition coefficient (Wildman–Crippen LogP) is 4.17. The van der Waals surface area contributed by atoms with Gasteiger partial charge in [-0.15, -0.1) is 0 Å². The van der Waals surface area contributed by atoms with Gasteiger partial charge in [-0.05, 0) is 19.9 Å². The number of carbonyl (C=O) groups is 1. The number of benzene rings is 1. The summed E-state index contributed by atoms with van der Waals surface area (Å²) in [7, 11) is 5.99. The molecule has 1 aliphatic heterocycles. The number of hydrogen-bond donors (Lipinski definition) is 2. The Morgan fingerprint density at radius 1 is 1.18 bits per heavy atom. The van der Waals surface area contributed by atoms with E-state index in [1.807, 2.05) is 6.92 Å². The third-order valence-corrected chi connectivity index (χ3v) is 6.50. The van der Waals surface area contributed by atoms with Crippen LogP contribution in [0, 0.1) is 24.0 Å². The Morgan fingerprint density at radius 2 is 1.84 bits per heavy atom. The number of ether oxygens (including phenoxy) is 2. The minimum absolute atomic E-state index is 0.0877. The number of allylic oxidation sites excluding steroid dienone is 1. The Balaban J connectivity index is 1.91. The Hall–Kier alpha value is -4.48. The van der Waals surface area contributed by atoms with Crippen LogP contribution in [-0.2, 0) is 20.1 Å². The number of anilines is 2. The summed E-state index contributed by atoms with van der Waals surface area (Å²) >= 11 is 0. The van der Waals surface area contributed by atoms with Gasteiger partial charge in [-0.1, -0.05) is 0 Å². The fourth-order valence-electron chi connectivity index (χ4n) is 4.31. The number of carbonyl (C=O) groups excluding carboxylic acids is 1. The van der Waals surface area contributed by atoms with Crippen LogP contribution < -0.4 is 24.6 Å². The first-order chi connectivity index (χ1) is 18.1. The summed E-state index contributed by atoms with van der Waals surface area (Å²) in [6.07, 6.45) is 4.84. The number of pyridine rings is 1. The molecule has 10 nitrogen and oxygen atoms in total. The van der Waals surface area contributed by atoms with Crippen LogP contribution in [-0.4, -0.2) is 47.8 Å². The zero-order valence-electron chi connectivity index (χ0n) is 22.0. The van der Waals surface area contributed by atoms with Gasteiger partial charge in [-0.25, -0.2) is 13.6 Å². The van der Waals surface area contributed by atoms with Gasteiger partial charge < -0.3 is 20.2 Å². The zero-order chi connectivity index (χ0) is 27.7. The van der Waals surface area contributed by atoms with E-state index in [1.165, 1.54) is 19.1 Å². The van der Waals surface area contributed by atoms with Gasteiger partial charge in [-0.2, -0.15) is 5.10 Å². The molecule has 2 aromatic heterocycles. The molecule has 4 rings (SSSR count). The molecule has 200 valence electrons. The highest BCUT2D eigenvalue weighted by Gasteiger charge is 2.37. The molecule has 3 heterocycles. The maximum Gasteiger partial charge on any atom is 0.329 e. The summed E-state index contributed by atoms with van der Waals surface area (Å²) < 4.78 is 42.7. The number of methoxy groups -OCH3 is 2. The van der Waals surface area contributed by atoms with E-state index in [0.717, 1.165) is 22.2 Å². The minimum atomic E-state index is -1.02. The topological polar surface area (TPSA) is 109 Å². The van der Waals surface area contributed by atoms with Crippen LogP contribution in [0.2, 0.25) is 0 Å². The molecule has 12 heteroatoms. The molecule has 2 N–H and O–H groups in total. The highest BCUT2D eigenvalue weighted by molar-refractivity contribution is 6.20. The summed E-state index contributed by atoms with van der Waals surface area (Å²) in [4.78, 5) is 20.9. The Morgan fingerprint density at radius 3 is 2.37 bits per heavy atom. The molecule has 0 saturated carbocycles. The molecule has 38 heavy (non-hydrogen) atoms. The van der Waals surface area contributed by atoms with E-state index in [4.69, 9.17) is 14.9 Å². The lowest BCUT2D eigenvalue weighted by atomic mass is 10.0. The van der Waals surface area contributed by atoms with E-state index in [2.05, 4.69) is 15.4 Å². The van der Waals surface area contributed by atoms with Crippen LogP contribution >= 0.6 is 0 Å². The molecule has 0 fully saturated rings. The number of nitrogens with one attached hydrogen (secondary N) is 2. The van der Waals surface area contributed by atoms with Crippen molar-refractivity contribution in [1.29, 1.82) is 5.41 Å². The molecular weight excluding hydrogens is 496 g/mol. The molecule has 0 saturated heterocycles. The Bertz CT molecular complexity index is 1420. The van der Waals surface area contributed by atoms with Gasteiger partial charge >= 0.3 is 6.03 Å². The van der Waals surface area contributed by atoms with Crippen LogP contribution in [0.1, 0.15) is 29.4 Å². The van der Waals surface area contributed by atoms with Gasteiger partial charge in [0.25, 0.3) is 0 Å². The number of amides is 2. The van der Waals surface area contributed by atoms with E-state index in [9.17, 15) is 4.79 Å². The van der Waals surface area contributed by atoms with E-state index in [0.29, 0.717) is 22.5 Å². The van der Waals surface area contributed by atoms with E-state index >= 15 is 8.78 Å². The number of hydrogen-bond acceptors (Lipinski definition) is 7. The van der Waals surface area contributed by atoms with Gasteiger partial charge in [0.2, 0.25) is 0 Å². The third kappa shape index (κ3) is 4.53. The maximum absolute atomic E-state index is 15.4. The molecule has 1 aromatic carbocycles. The van der Waals surface area contributed by atoms with Crippen molar-refractivity contribution >= 4 is 28.7 Å². The SMILES string of the molecule is CN/C=C(\C(C)=N)c1cc2c(cn1)CN(c1c(F)c(OC)cc(OC)c1F)C(=O)N2Cc1cnn(C)c1C. The van der Waals surface area contributed by atoms with Crippen LogP contribution in [0.25, 0.3) is 5.57 Å². The first kappa shape index (κ1) is 26.6. The van der Waals surface area contributed by atoms with E-state index in [-0.39, 0.29) is 30.3 Å². The van der Waals surface area contributed by atoms with Crippen molar-refractivity contribution in [2.24, 2.45) is 7.05 Å². The molecule has 1 aliphatic rings. The Kier molecular flexibility index (Phi) is 7.33. The first-order valence-corrected chi connectivity index (χ1v) is 11.7. The zero-order valence-corrected chi connectivity index (χ0v) is 22.0. The molecule has 0 bridgehead atoms. The highest BCUT2D eigenvalue weighted by atomic mass is 19.1. The first-order valence-electron chi connectivity index (χ1n) is 11.7. The third-order valence-electron chi connectivity index (χ3n) is 6.50. The number of aromatic nitrogens is 3. The number of urea groups is 1. The second-order valence-electron chi connectivity index (χ2n) is 8.76. The van der Waals surface area contributed by atoms with Crippen molar-refractivity contribution in [3.8, 4) is 11.5 Å². The van der Waals surface area contributed by atoms with Crippen molar-refractivity contribution in [3.05, 3.63) is 64.9 Å². The summed E-state index contributed by atoms with van der Waals surface area (Å²) in [6.45, 7) is 3.44. The predicted molar refractivity (Wildman–Crippen MR) is 140 cm³/mol. The molecule has 0 atom stereocenters. The van der Waals surface area contributed by atoms with Crippen molar-refractivity contribution in [2.45, 2.75) is 26.9 Å². The second kappa shape index (κ2) is 10.5. The van der Waals surface area contributed by atoms with Gasteiger partial charge in [0.15, 0.2) is 23.1 Å². The van der Waals surface area contributed by atoms with Crippen LogP contribution in [0.5, 0.6) is 11.5 Å². The second-order valence-corrected chi connectivity index (χ2v) is 8.76. The molecule has 2 amide bonds. The fraction of sp³-hybridized carbons (Fsp3) is 0.308. The standard InChI is InChI=1S/C26H29F2N7O3/c1-14(29)18(11-30-3)19-7-20-17(9-31-19)13-35(25-23(27)21(37-5)8-22(38-6)24(25)28)26(36)34(20)12-16-10-32-33(4)15(16)2/h7-11,29-30H,12-13H2,1-6H3/b18-11+,29-14?. The summed E-state index contributed by atoms with van der Waals surface area (Å²) in [5.74, 6) is -2.57. The van der Waals surface area contributed by atoms with Gasteiger partial charge in [0, 0.05) is 60.7 Å². The largest absolute Gasteiger partial charge is 0.493 e. The number of fused-ring (bicyclic) bond motifs is 1. The lowest BCUT2D eigenvalue weighted by Crippen LogP contribution is -2.48. The average Bonchev–Trinajstić information content (AvgIpc) is 3.21. The van der Waals surface area contributed by atoms with E-state index < -0.39 is 23.4 Å². The van der Waals surface area contributed by atoms with Crippen molar-refractivity contribution in [1.82, 2.24) is 20.1 Å². The quantitative estimate of drug-likeness (QED) is 0.428. The lowest BCUT2D eigenvalue weighted by molar-refractivity contribution is 0.249. The van der Waals surface area contributed by atoms with Gasteiger partial charge in [-0.3, -0.25) is 19.5 Å². The smallest absolute Gasteiger partial charge is 0.329 e. The number of rotatable bonds is 8. The monoisotopic (exact) mass is 525 g/mol. The molecular formula is C26H29F2N7O3. The average molecular weight is 526 g/mol. The Labute approximate surface area is 219 Å². The highest BCUT2D eigenvalue weighted by Crippen LogP contribution is 2.41. The summed E-state index contributed by atoms with van der Waals surface area (Å²) in [5.41, 5.74) is 3.36. The number of nitrogens with zero attached hydrogens (tertiary/aromatic N) is 5. The van der Waals surface area contributed by atoms with Crippen molar-refractivity contribution in [2.75, 3.05) is 31.1 Å². The minimum Gasteiger partial charge on any atom is -0.493 e. The van der Waals surface area contributed by atoms with Crippen LogP contribution in [0.4, 0.5) is 25.0 Å². The van der Waals surface area contributed by atoms with E-state index in [1.54, 1.807) is 50.4 Å². The normalized spacial score (nSPS) is 13.5. The van der Waals surface area contributed by atoms with Crippen molar-refractivity contribution < 1.29 is 23.0 Å². The molecule has 0 radical (unpaired) electrons. The van der Waals surface area contributed by atoms with Crippen LogP contribution in [0.15, 0.2) is 30.7 Å². The fourth-order valence-corrected chi connectivity index (χ4v) is 4.31. The molecule has 0 aliphatic carbocycles. The molecule has 0 unspecified atom stereocenters. The maximum atomic E-state index is 15.4. The number of halogens is 2. The van der Waals surface area contributed by atoms with Crippen molar-refractivity contribution in [3.63, 3.8) is 0 Å². The van der Waals surface area contributed by atoms with Gasteiger partial charge in [0.05, 0.1) is 44.9 Å². The van der Waals surface area contributed by atoms with Crippen LogP contribution in [0.3, 0.4) is 0 Å². The molecule has 3 aromatic rings. The summed E-state index contributed by atoms with van der Waals surface area (Å²) in [5, 5.41) is 15.3. The lowest BCUT2D eigenvalue weighted by Gasteiger charge is -2.37.